The predicted molar refractivity (Wildman–Crippen MR) is 81.4 cm³/mol. The molecule has 0 N–H and O–H groups in total. The average molecular weight is 404 g/mol. The first-order chi connectivity index (χ1) is 8.06. The largest absolute Gasteiger partial charge is 0.310 e. The van der Waals surface area contributed by atoms with Crippen LogP contribution >= 0.6 is 38.5 Å². The summed E-state index contributed by atoms with van der Waals surface area (Å²) in [5, 5.41) is 0. The number of pyridine rings is 1. The van der Waals surface area contributed by atoms with E-state index in [1.165, 1.54) is 3.57 Å². The minimum Gasteiger partial charge on any atom is -0.310 e. The van der Waals surface area contributed by atoms with Crippen LogP contribution in [0.1, 0.15) is 11.1 Å². The normalized spacial score (nSPS) is 10.5. The van der Waals surface area contributed by atoms with Crippen molar-refractivity contribution in [3.63, 3.8) is 0 Å². The molecule has 0 fully saturated rings. The first-order valence-corrected chi connectivity index (χ1v) is 7.04. The molecule has 17 heavy (non-hydrogen) atoms. The number of hydrogen-bond acceptors (Lipinski definition) is 1. The van der Waals surface area contributed by atoms with Gasteiger partial charge in [0.1, 0.15) is 0 Å². The lowest BCUT2D eigenvalue weighted by molar-refractivity contribution is 0.749. The molecule has 0 atom stereocenters. The van der Waals surface area contributed by atoms with Gasteiger partial charge in [-0.2, -0.15) is 0 Å². The molecule has 1 aromatic heterocycles. The van der Waals surface area contributed by atoms with Gasteiger partial charge in [-0.1, -0.05) is 12.1 Å². The van der Waals surface area contributed by atoms with Gasteiger partial charge in [-0.05, 0) is 69.2 Å². The van der Waals surface area contributed by atoms with Crippen LogP contribution < -0.4 is 5.56 Å². The molecule has 1 aromatic carbocycles. The van der Waals surface area contributed by atoms with E-state index in [0.29, 0.717) is 6.54 Å². The van der Waals surface area contributed by atoms with E-state index in [4.69, 9.17) is 0 Å². The first kappa shape index (κ1) is 12.8. The summed E-state index contributed by atoms with van der Waals surface area (Å²) in [4.78, 5) is 11.9. The molecule has 0 aliphatic rings. The number of aryl methyl sites for hydroxylation is 1. The molecule has 0 amide bonds. The van der Waals surface area contributed by atoms with Gasteiger partial charge < -0.3 is 4.57 Å². The van der Waals surface area contributed by atoms with Gasteiger partial charge in [0.05, 0.1) is 6.54 Å². The summed E-state index contributed by atoms with van der Waals surface area (Å²) in [6.45, 7) is 2.44. The van der Waals surface area contributed by atoms with E-state index in [0.717, 1.165) is 15.6 Å². The Morgan fingerprint density at radius 3 is 2.59 bits per heavy atom. The molecule has 0 radical (unpaired) electrons. The molecule has 2 nitrogen and oxygen atoms in total. The number of hydrogen-bond donors (Lipinski definition) is 0. The Labute approximate surface area is 122 Å². The zero-order chi connectivity index (χ0) is 12.4. The zero-order valence-electron chi connectivity index (χ0n) is 9.28. The second-order valence-electron chi connectivity index (χ2n) is 3.90. The highest BCUT2D eigenvalue weighted by atomic mass is 127. The van der Waals surface area contributed by atoms with E-state index in [2.05, 4.69) is 38.5 Å². The van der Waals surface area contributed by atoms with Crippen LogP contribution in [0.2, 0.25) is 0 Å². The molecular formula is C13H11BrINO. The minimum atomic E-state index is 0.0618. The summed E-state index contributed by atoms with van der Waals surface area (Å²) in [7, 11) is 0. The maximum Gasteiger partial charge on any atom is 0.253 e. The third-order valence-electron chi connectivity index (χ3n) is 2.50. The maximum atomic E-state index is 11.9. The summed E-state index contributed by atoms with van der Waals surface area (Å²) in [5.74, 6) is 0. The molecule has 0 bridgehead atoms. The number of nitrogens with zero attached hydrogens (tertiary/aromatic N) is 1. The fourth-order valence-corrected chi connectivity index (χ4v) is 2.59. The van der Waals surface area contributed by atoms with Crippen molar-refractivity contribution < 1.29 is 0 Å². The van der Waals surface area contributed by atoms with Crippen LogP contribution in [0.15, 0.2) is 45.8 Å². The van der Waals surface area contributed by atoms with E-state index < -0.39 is 0 Å². The van der Waals surface area contributed by atoms with Crippen molar-refractivity contribution in [1.29, 1.82) is 0 Å². The van der Waals surface area contributed by atoms with Gasteiger partial charge >= 0.3 is 0 Å². The Balaban J connectivity index is 2.36. The van der Waals surface area contributed by atoms with Crippen molar-refractivity contribution in [2.75, 3.05) is 0 Å². The average Bonchev–Trinajstić information content (AvgIpc) is 2.28. The van der Waals surface area contributed by atoms with Crippen LogP contribution in [0, 0.1) is 10.5 Å². The lowest BCUT2D eigenvalue weighted by Crippen LogP contribution is -2.22. The second-order valence-corrected chi connectivity index (χ2v) is 6.06. The molecule has 2 aromatic rings. The SMILES string of the molecule is Cc1cc(Br)cn(Cc2ccc(I)cc2)c1=O. The minimum absolute atomic E-state index is 0.0618. The van der Waals surface area contributed by atoms with Gasteiger partial charge in [-0.15, -0.1) is 0 Å². The van der Waals surface area contributed by atoms with Crippen molar-refractivity contribution >= 4 is 38.5 Å². The third-order valence-corrected chi connectivity index (χ3v) is 3.65. The van der Waals surface area contributed by atoms with Gasteiger partial charge in [0.15, 0.2) is 0 Å². The Morgan fingerprint density at radius 1 is 1.29 bits per heavy atom. The van der Waals surface area contributed by atoms with Crippen molar-refractivity contribution in [1.82, 2.24) is 4.57 Å². The smallest absolute Gasteiger partial charge is 0.253 e. The van der Waals surface area contributed by atoms with Gasteiger partial charge in [-0.3, -0.25) is 4.79 Å². The molecule has 0 saturated carbocycles. The zero-order valence-corrected chi connectivity index (χ0v) is 13.0. The van der Waals surface area contributed by atoms with Crippen LogP contribution in [-0.4, -0.2) is 4.57 Å². The number of benzene rings is 1. The number of halogens is 2. The summed E-state index contributed by atoms with van der Waals surface area (Å²) in [6.07, 6.45) is 1.83. The molecular weight excluding hydrogens is 393 g/mol. The summed E-state index contributed by atoms with van der Waals surface area (Å²) in [5.41, 5.74) is 1.95. The van der Waals surface area contributed by atoms with E-state index in [1.54, 1.807) is 4.57 Å². The van der Waals surface area contributed by atoms with Crippen molar-refractivity contribution in [2.45, 2.75) is 13.5 Å². The Bertz CT molecular complexity index is 589. The van der Waals surface area contributed by atoms with Crippen LogP contribution in [-0.2, 0) is 6.54 Å². The molecule has 0 aliphatic heterocycles. The van der Waals surface area contributed by atoms with Crippen LogP contribution in [0.25, 0.3) is 0 Å². The highest BCUT2D eigenvalue weighted by molar-refractivity contribution is 14.1. The standard InChI is InChI=1S/C13H11BrINO/c1-9-6-11(14)8-16(13(9)17)7-10-2-4-12(15)5-3-10/h2-6,8H,7H2,1H3. The monoisotopic (exact) mass is 403 g/mol. The predicted octanol–water partition coefficient (Wildman–Crippen LogP) is 3.57. The molecule has 0 spiro atoms. The van der Waals surface area contributed by atoms with Gasteiger partial charge in [0, 0.05) is 19.8 Å². The Kier molecular flexibility index (Phi) is 4.04. The van der Waals surface area contributed by atoms with Gasteiger partial charge in [0.25, 0.3) is 5.56 Å². The Hall–Kier alpha value is -0.620. The molecule has 0 saturated heterocycles. The number of aromatic nitrogens is 1. The lowest BCUT2D eigenvalue weighted by atomic mass is 10.2. The van der Waals surface area contributed by atoms with Gasteiger partial charge in [-0.25, -0.2) is 0 Å². The molecule has 88 valence electrons. The van der Waals surface area contributed by atoms with E-state index in [1.807, 2.05) is 43.5 Å². The van der Waals surface area contributed by atoms with Crippen molar-refractivity contribution in [2.24, 2.45) is 0 Å². The van der Waals surface area contributed by atoms with E-state index in [-0.39, 0.29) is 5.56 Å². The lowest BCUT2D eigenvalue weighted by Gasteiger charge is -2.08. The molecule has 1 heterocycles. The van der Waals surface area contributed by atoms with Crippen LogP contribution in [0.5, 0.6) is 0 Å². The first-order valence-electron chi connectivity index (χ1n) is 5.17. The molecule has 0 unspecified atom stereocenters. The molecule has 2 rings (SSSR count). The van der Waals surface area contributed by atoms with Crippen molar-refractivity contribution in [3.8, 4) is 0 Å². The maximum absolute atomic E-state index is 11.9. The summed E-state index contributed by atoms with van der Waals surface area (Å²) >= 11 is 5.68. The second kappa shape index (κ2) is 5.35. The molecule has 0 aliphatic carbocycles. The molecule has 4 heteroatoms. The summed E-state index contributed by atoms with van der Waals surface area (Å²) in [6, 6.07) is 10.0. The van der Waals surface area contributed by atoms with E-state index in [9.17, 15) is 4.79 Å². The fraction of sp³-hybridized carbons (Fsp3) is 0.154. The quantitative estimate of drug-likeness (QED) is 0.702. The Morgan fingerprint density at radius 2 is 1.94 bits per heavy atom. The van der Waals surface area contributed by atoms with Gasteiger partial charge in [0.2, 0.25) is 0 Å². The number of rotatable bonds is 2. The topological polar surface area (TPSA) is 22.0 Å². The fourth-order valence-electron chi connectivity index (χ4n) is 1.64. The van der Waals surface area contributed by atoms with Crippen LogP contribution in [0.3, 0.4) is 0 Å². The van der Waals surface area contributed by atoms with E-state index >= 15 is 0 Å². The highest BCUT2D eigenvalue weighted by Gasteiger charge is 2.02. The summed E-state index contributed by atoms with van der Waals surface area (Å²) < 4.78 is 3.85. The van der Waals surface area contributed by atoms with Crippen LogP contribution in [0.4, 0.5) is 0 Å². The van der Waals surface area contributed by atoms with Crippen molar-refractivity contribution in [3.05, 3.63) is 66.1 Å². The third kappa shape index (κ3) is 3.19. The highest BCUT2D eigenvalue weighted by Crippen LogP contribution is 2.11.